The Kier molecular flexibility index (Phi) is 7.65. The third-order valence-corrected chi connectivity index (χ3v) is 5.46. The van der Waals surface area contributed by atoms with Gasteiger partial charge in [0.15, 0.2) is 0 Å². The SMILES string of the molecule is CN(CCCc1cc(-c2ccccc2)n[nH]1)C(=O)c1ccn(C2CCCNC2)n1.Cl. The van der Waals surface area contributed by atoms with Crippen molar-refractivity contribution in [1.29, 1.82) is 0 Å². The summed E-state index contributed by atoms with van der Waals surface area (Å²) < 4.78 is 1.93. The van der Waals surface area contributed by atoms with Crippen molar-refractivity contribution in [3.63, 3.8) is 0 Å². The number of halogens is 1. The number of nitrogens with one attached hydrogen (secondary N) is 2. The Morgan fingerprint density at radius 1 is 1.27 bits per heavy atom. The molecule has 7 nitrogen and oxygen atoms in total. The molecule has 4 rings (SSSR count). The molecule has 0 spiro atoms. The van der Waals surface area contributed by atoms with E-state index < -0.39 is 0 Å². The fraction of sp³-hybridized carbons (Fsp3) is 0.409. The largest absolute Gasteiger partial charge is 0.340 e. The van der Waals surface area contributed by atoms with Crippen LogP contribution in [0.25, 0.3) is 11.3 Å². The average Bonchev–Trinajstić information content (AvgIpc) is 3.45. The molecule has 1 aromatic carbocycles. The van der Waals surface area contributed by atoms with E-state index in [9.17, 15) is 4.79 Å². The van der Waals surface area contributed by atoms with Gasteiger partial charge in [0.2, 0.25) is 0 Å². The average molecular weight is 429 g/mol. The minimum absolute atomic E-state index is 0. The van der Waals surface area contributed by atoms with Crippen molar-refractivity contribution >= 4 is 18.3 Å². The van der Waals surface area contributed by atoms with Crippen LogP contribution >= 0.6 is 12.4 Å². The van der Waals surface area contributed by atoms with Crippen LogP contribution in [0.3, 0.4) is 0 Å². The van der Waals surface area contributed by atoms with Crippen LogP contribution in [0.15, 0.2) is 48.7 Å². The quantitative estimate of drug-likeness (QED) is 0.605. The summed E-state index contributed by atoms with van der Waals surface area (Å²) in [6.45, 7) is 2.66. The number of nitrogens with zero attached hydrogens (tertiary/aromatic N) is 4. The highest BCUT2D eigenvalue weighted by Crippen LogP contribution is 2.18. The maximum Gasteiger partial charge on any atom is 0.274 e. The summed E-state index contributed by atoms with van der Waals surface area (Å²) in [5, 5.41) is 15.4. The van der Waals surface area contributed by atoms with Crippen LogP contribution in [0.2, 0.25) is 0 Å². The van der Waals surface area contributed by atoms with Gasteiger partial charge in [0.05, 0.1) is 11.7 Å². The van der Waals surface area contributed by atoms with Gasteiger partial charge >= 0.3 is 0 Å². The number of aryl methyl sites for hydroxylation is 1. The smallest absolute Gasteiger partial charge is 0.274 e. The minimum atomic E-state index is -0.0258. The molecule has 1 unspecified atom stereocenters. The van der Waals surface area contributed by atoms with Crippen molar-refractivity contribution in [3.05, 3.63) is 60.0 Å². The lowest BCUT2D eigenvalue weighted by Gasteiger charge is -2.23. The van der Waals surface area contributed by atoms with Gasteiger partial charge in [-0.15, -0.1) is 12.4 Å². The first kappa shape index (κ1) is 22.1. The summed E-state index contributed by atoms with van der Waals surface area (Å²) >= 11 is 0. The van der Waals surface area contributed by atoms with Crippen molar-refractivity contribution < 1.29 is 4.79 Å². The van der Waals surface area contributed by atoms with Gasteiger partial charge in [-0.1, -0.05) is 30.3 Å². The molecule has 160 valence electrons. The number of carbonyl (C=O) groups excluding carboxylic acids is 1. The zero-order valence-corrected chi connectivity index (χ0v) is 18.1. The van der Waals surface area contributed by atoms with Crippen LogP contribution < -0.4 is 5.32 Å². The molecule has 0 saturated carbocycles. The van der Waals surface area contributed by atoms with Crippen LogP contribution in [-0.2, 0) is 6.42 Å². The summed E-state index contributed by atoms with van der Waals surface area (Å²) in [5.74, 6) is -0.0258. The second kappa shape index (κ2) is 10.4. The lowest BCUT2D eigenvalue weighted by molar-refractivity contribution is 0.0786. The van der Waals surface area contributed by atoms with Gasteiger partial charge in [0.1, 0.15) is 5.69 Å². The number of amides is 1. The maximum atomic E-state index is 12.7. The monoisotopic (exact) mass is 428 g/mol. The van der Waals surface area contributed by atoms with E-state index in [1.54, 1.807) is 4.90 Å². The maximum absolute atomic E-state index is 12.7. The standard InChI is InChI=1S/C22H28N6O.ClH/c1-27(22(29)20-11-14-28(26-20)19-10-5-12-23-16-19)13-6-9-18-15-21(25-24-18)17-7-3-2-4-8-17;/h2-4,7-8,11,14-15,19,23H,5-6,9-10,12-13,16H2,1H3,(H,24,25);1H. The first-order valence-electron chi connectivity index (χ1n) is 10.3. The molecule has 1 fully saturated rings. The summed E-state index contributed by atoms with van der Waals surface area (Å²) in [6.07, 6.45) is 5.89. The minimum Gasteiger partial charge on any atom is -0.340 e. The van der Waals surface area contributed by atoms with Crippen LogP contribution in [0.4, 0.5) is 0 Å². The highest BCUT2D eigenvalue weighted by Gasteiger charge is 2.19. The molecule has 0 radical (unpaired) electrons. The van der Waals surface area contributed by atoms with Crippen LogP contribution in [0.1, 0.15) is 41.5 Å². The molecule has 2 N–H and O–H groups in total. The van der Waals surface area contributed by atoms with Gasteiger partial charge in [-0.2, -0.15) is 10.2 Å². The summed E-state index contributed by atoms with van der Waals surface area (Å²) in [5.41, 5.74) is 3.66. The van der Waals surface area contributed by atoms with E-state index in [0.717, 1.165) is 55.7 Å². The normalized spacial score (nSPS) is 16.1. The molecule has 1 atom stereocenters. The lowest BCUT2D eigenvalue weighted by atomic mass is 10.1. The predicted octanol–water partition coefficient (Wildman–Crippen LogP) is 3.32. The number of rotatable bonds is 7. The van der Waals surface area contributed by atoms with E-state index in [1.165, 1.54) is 0 Å². The number of aromatic nitrogens is 4. The molecule has 0 bridgehead atoms. The number of benzene rings is 1. The Morgan fingerprint density at radius 2 is 2.10 bits per heavy atom. The fourth-order valence-corrected chi connectivity index (χ4v) is 3.76. The van der Waals surface area contributed by atoms with Crippen molar-refractivity contribution in [1.82, 2.24) is 30.2 Å². The van der Waals surface area contributed by atoms with Gasteiger partial charge in [0.25, 0.3) is 5.91 Å². The molecule has 1 aliphatic rings. The van der Waals surface area contributed by atoms with E-state index >= 15 is 0 Å². The fourth-order valence-electron chi connectivity index (χ4n) is 3.76. The predicted molar refractivity (Wildman–Crippen MR) is 120 cm³/mol. The van der Waals surface area contributed by atoms with Gasteiger partial charge in [-0.05, 0) is 44.4 Å². The number of hydrogen-bond acceptors (Lipinski definition) is 4. The molecule has 30 heavy (non-hydrogen) atoms. The number of piperidine rings is 1. The number of aromatic amines is 1. The third-order valence-electron chi connectivity index (χ3n) is 5.46. The van der Waals surface area contributed by atoms with E-state index in [-0.39, 0.29) is 18.3 Å². The Bertz CT molecular complexity index is 932. The topological polar surface area (TPSA) is 78.8 Å². The lowest BCUT2D eigenvalue weighted by Crippen LogP contribution is -2.32. The molecule has 1 saturated heterocycles. The first-order valence-corrected chi connectivity index (χ1v) is 10.3. The van der Waals surface area contributed by atoms with Gasteiger partial charge in [-0.3, -0.25) is 14.6 Å². The molecule has 3 aromatic rings. The highest BCUT2D eigenvalue weighted by molar-refractivity contribution is 5.92. The van der Waals surface area contributed by atoms with E-state index in [1.807, 2.05) is 42.2 Å². The summed E-state index contributed by atoms with van der Waals surface area (Å²) in [6, 6.07) is 14.4. The zero-order chi connectivity index (χ0) is 20.1. The second-order valence-corrected chi connectivity index (χ2v) is 7.66. The first-order chi connectivity index (χ1) is 14.2. The summed E-state index contributed by atoms with van der Waals surface area (Å²) in [7, 11) is 1.84. The van der Waals surface area contributed by atoms with Gasteiger partial charge in [0, 0.05) is 37.6 Å². The van der Waals surface area contributed by atoms with Crippen molar-refractivity contribution in [2.24, 2.45) is 0 Å². The van der Waals surface area contributed by atoms with Crippen molar-refractivity contribution in [2.45, 2.75) is 31.7 Å². The van der Waals surface area contributed by atoms with Crippen molar-refractivity contribution in [3.8, 4) is 11.3 Å². The molecule has 0 aliphatic carbocycles. The van der Waals surface area contributed by atoms with Gasteiger partial charge < -0.3 is 10.2 Å². The number of hydrogen-bond donors (Lipinski definition) is 2. The summed E-state index contributed by atoms with van der Waals surface area (Å²) in [4.78, 5) is 14.4. The molecule has 1 amide bonds. The Morgan fingerprint density at radius 3 is 2.87 bits per heavy atom. The molecular weight excluding hydrogens is 400 g/mol. The molecule has 2 aromatic heterocycles. The third kappa shape index (κ3) is 5.29. The molecule has 3 heterocycles. The second-order valence-electron chi connectivity index (χ2n) is 7.66. The van der Waals surface area contributed by atoms with E-state index in [2.05, 4.69) is 38.8 Å². The Hall–Kier alpha value is -2.64. The van der Waals surface area contributed by atoms with Crippen LogP contribution in [-0.4, -0.2) is 57.5 Å². The Labute approximate surface area is 183 Å². The zero-order valence-electron chi connectivity index (χ0n) is 17.3. The Balaban J connectivity index is 0.00000256. The van der Waals surface area contributed by atoms with E-state index in [0.29, 0.717) is 18.3 Å². The molecular formula is C22H29ClN6O. The number of carbonyl (C=O) groups is 1. The number of H-pyrrole nitrogens is 1. The highest BCUT2D eigenvalue weighted by atomic mass is 35.5. The molecule has 1 aliphatic heterocycles. The van der Waals surface area contributed by atoms with Crippen LogP contribution in [0, 0.1) is 0 Å². The molecule has 8 heteroatoms. The van der Waals surface area contributed by atoms with Crippen LogP contribution in [0.5, 0.6) is 0 Å². The van der Waals surface area contributed by atoms with Crippen molar-refractivity contribution in [2.75, 3.05) is 26.7 Å². The van der Waals surface area contributed by atoms with E-state index in [4.69, 9.17) is 0 Å². The van der Waals surface area contributed by atoms with Gasteiger partial charge in [-0.25, -0.2) is 0 Å².